The van der Waals surface area contributed by atoms with Gasteiger partial charge >= 0.3 is 5.97 Å². The quantitative estimate of drug-likeness (QED) is 0.0505. The highest BCUT2D eigenvalue weighted by Crippen LogP contribution is 2.51. The molecule has 16 nitrogen and oxygen atoms in total. The Labute approximate surface area is 349 Å². The Bertz CT molecular complexity index is 2490. The third-order valence-corrected chi connectivity index (χ3v) is 13.5. The van der Waals surface area contributed by atoms with Crippen LogP contribution in [0.4, 0.5) is 5.69 Å². The minimum absolute atomic E-state index is 0. The van der Waals surface area contributed by atoms with Crippen molar-refractivity contribution in [1.82, 2.24) is 5.06 Å². The second-order valence-corrected chi connectivity index (χ2v) is 19.9. The molecule has 1 unspecified atom stereocenters. The van der Waals surface area contributed by atoms with Gasteiger partial charge in [0.15, 0.2) is 6.54 Å². The van der Waals surface area contributed by atoms with E-state index in [1.165, 1.54) is 29.5 Å². The van der Waals surface area contributed by atoms with Gasteiger partial charge in [0.2, 0.25) is 5.52 Å². The van der Waals surface area contributed by atoms with Gasteiger partial charge < -0.3 is 14.3 Å². The van der Waals surface area contributed by atoms with Crippen molar-refractivity contribution in [1.29, 1.82) is 0 Å². The minimum atomic E-state index is -4.85. The zero-order valence-corrected chi connectivity index (χ0v) is 35.2. The first kappa shape index (κ1) is 47.4. The maximum absolute atomic E-state index is 12.4. The van der Waals surface area contributed by atoms with Crippen molar-refractivity contribution < 1.29 is 62.7 Å². The third-order valence-electron chi connectivity index (χ3n) is 9.92. The standard InChI is InChI=1S/C38H45N3O13S4.CH4/c1-27-14-16-31-32(25-27)55-36(40(31)22-10-24-57(48,49)50)12-6-3-5-11-33-38(2,20-8-4-7-13-37(44)54-41-34(42)18-19-35(41)43)29-26-28(58(51,52)53)15-17-30(29)39(33)21-9-23-56(45,46)47;/h3,5-6,11-12,14-17,25-26H,4,7-10,13,18-24H2,1-2H3,(H2-,45,46,47,48,49,50,51,52,53);1H4. The van der Waals surface area contributed by atoms with Crippen LogP contribution in [0.5, 0.6) is 0 Å². The molecule has 0 saturated carbocycles. The number of unbranched alkanes of at least 4 members (excludes halogenated alkanes) is 2. The van der Waals surface area contributed by atoms with Crippen molar-refractivity contribution in [2.24, 2.45) is 0 Å². The van der Waals surface area contributed by atoms with Crippen molar-refractivity contribution >= 4 is 81.5 Å². The molecule has 2 N–H and O–H groups in total. The van der Waals surface area contributed by atoms with Crippen molar-refractivity contribution in [2.45, 2.75) is 95.9 Å². The molecule has 1 atom stereocenters. The molecule has 2 aliphatic heterocycles. The monoisotopic (exact) mass is 895 g/mol. The highest BCUT2D eigenvalue weighted by Gasteiger charge is 2.43. The van der Waals surface area contributed by atoms with E-state index in [9.17, 15) is 53.3 Å². The zero-order chi connectivity index (χ0) is 42.5. The van der Waals surface area contributed by atoms with Crippen molar-refractivity contribution in [3.63, 3.8) is 0 Å². The van der Waals surface area contributed by atoms with E-state index in [0.717, 1.165) is 20.8 Å². The first-order valence-corrected chi connectivity index (χ1v) is 23.9. The lowest BCUT2D eigenvalue weighted by Gasteiger charge is -2.30. The van der Waals surface area contributed by atoms with Gasteiger partial charge in [-0.2, -0.15) is 21.4 Å². The van der Waals surface area contributed by atoms with Crippen molar-refractivity contribution in [3.05, 3.63) is 82.5 Å². The molecule has 0 spiro atoms. The number of fused-ring (bicyclic) bond motifs is 2. The van der Waals surface area contributed by atoms with E-state index in [1.54, 1.807) is 24.3 Å². The maximum Gasteiger partial charge on any atom is 0.333 e. The largest absolute Gasteiger partial charge is 0.744 e. The molecule has 2 aromatic carbocycles. The van der Waals surface area contributed by atoms with Gasteiger partial charge in [0, 0.05) is 61.2 Å². The van der Waals surface area contributed by atoms with Crippen LogP contribution in [-0.4, -0.2) is 79.8 Å². The van der Waals surface area contributed by atoms with Crippen molar-refractivity contribution in [2.75, 3.05) is 23.0 Å². The fourth-order valence-electron chi connectivity index (χ4n) is 7.15. The molecule has 1 aromatic heterocycles. The maximum atomic E-state index is 12.4. The predicted octanol–water partition coefficient (Wildman–Crippen LogP) is 5.38. The smallest absolute Gasteiger partial charge is 0.333 e. The Hall–Kier alpha value is -4.31. The Balaban J connectivity index is 0.00000769. The van der Waals surface area contributed by atoms with Gasteiger partial charge in [-0.05, 0) is 74.6 Å². The molecule has 0 radical (unpaired) electrons. The Morgan fingerprint density at radius 1 is 0.915 bits per heavy atom. The van der Waals surface area contributed by atoms with Gasteiger partial charge in [0.05, 0.1) is 16.4 Å². The van der Waals surface area contributed by atoms with Gasteiger partial charge in [0.1, 0.15) is 14.8 Å². The minimum Gasteiger partial charge on any atom is -0.744 e. The average molecular weight is 896 g/mol. The summed E-state index contributed by atoms with van der Waals surface area (Å²) in [5.74, 6) is -2.81. The topological polar surface area (TPSA) is 237 Å². The van der Waals surface area contributed by atoms with Crippen molar-refractivity contribution in [3.8, 4) is 0 Å². The lowest BCUT2D eigenvalue weighted by molar-refractivity contribution is -0.668. The lowest BCUT2D eigenvalue weighted by atomic mass is 9.77. The number of allylic oxidation sites excluding steroid dienone is 5. The fourth-order valence-corrected chi connectivity index (χ4v) is 9.83. The summed E-state index contributed by atoms with van der Waals surface area (Å²) >= 11 is 1.51. The highest BCUT2D eigenvalue weighted by molar-refractivity contribution is 7.86. The number of imide groups is 1. The molecule has 322 valence electrons. The second-order valence-electron chi connectivity index (χ2n) is 14.4. The molecule has 1 fully saturated rings. The molecular formula is C39H49N3O13S4. The number of rotatable bonds is 19. The number of thiazole rings is 1. The summed E-state index contributed by atoms with van der Waals surface area (Å²) in [5.41, 5.74) is 2.77. The molecular weight excluding hydrogens is 847 g/mol. The number of nitrogens with zero attached hydrogens (tertiary/aromatic N) is 3. The van der Waals surface area contributed by atoms with Crippen LogP contribution in [-0.2, 0) is 61.5 Å². The average Bonchev–Trinajstić information content (AvgIpc) is 3.70. The number of carbonyl (C=O) groups excluding carboxylic acids is 3. The number of hydrogen-bond donors (Lipinski definition) is 2. The molecule has 20 heteroatoms. The van der Waals surface area contributed by atoms with Crippen LogP contribution in [0.1, 0.15) is 88.3 Å². The van der Waals surface area contributed by atoms with Gasteiger partial charge in [-0.15, -0.1) is 5.06 Å². The van der Waals surface area contributed by atoms with E-state index in [4.69, 9.17) is 4.84 Å². The molecule has 3 aromatic rings. The molecule has 59 heavy (non-hydrogen) atoms. The van der Waals surface area contributed by atoms with Crippen LogP contribution >= 0.6 is 11.3 Å². The van der Waals surface area contributed by atoms with Gasteiger partial charge in [0.25, 0.3) is 37.1 Å². The number of hydrogen-bond acceptors (Lipinski definition) is 13. The number of benzene rings is 2. The fraction of sp³-hybridized carbons (Fsp3) is 0.436. The predicted molar refractivity (Wildman–Crippen MR) is 221 cm³/mol. The van der Waals surface area contributed by atoms with E-state index in [0.29, 0.717) is 54.2 Å². The third kappa shape index (κ3) is 12.4. The van der Waals surface area contributed by atoms with Crippen LogP contribution in [0.15, 0.2) is 71.3 Å². The van der Waals surface area contributed by atoms with Crippen LogP contribution in [0.25, 0.3) is 16.3 Å². The van der Waals surface area contributed by atoms with E-state index >= 15 is 0 Å². The zero-order valence-electron chi connectivity index (χ0n) is 31.9. The van der Waals surface area contributed by atoms with E-state index < -0.39 is 64.2 Å². The normalized spacial score (nSPS) is 18.2. The van der Waals surface area contributed by atoms with Gasteiger partial charge in [-0.3, -0.25) is 18.7 Å². The van der Waals surface area contributed by atoms with Crippen LogP contribution in [0.2, 0.25) is 0 Å². The molecule has 0 bridgehead atoms. The number of aryl methyl sites for hydroxylation is 2. The van der Waals surface area contributed by atoms with E-state index in [-0.39, 0.29) is 51.8 Å². The highest BCUT2D eigenvalue weighted by atomic mass is 32.2. The molecule has 5 rings (SSSR count). The summed E-state index contributed by atoms with van der Waals surface area (Å²) in [7, 11) is -13.3. The molecule has 1 saturated heterocycles. The summed E-state index contributed by atoms with van der Waals surface area (Å²) in [6.45, 7) is 4.30. The Morgan fingerprint density at radius 2 is 1.59 bits per heavy atom. The van der Waals surface area contributed by atoms with E-state index in [1.807, 2.05) is 47.6 Å². The number of aromatic nitrogens is 1. The van der Waals surface area contributed by atoms with E-state index in [2.05, 4.69) is 0 Å². The number of carbonyl (C=O) groups is 3. The molecule has 0 aliphatic carbocycles. The lowest BCUT2D eigenvalue weighted by Crippen LogP contribution is -2.35. The Morgan fingerprint density at radius 3 is 2.25 bits per heavy atom. The SMILES string of the molecule is C.Cc1ccc2c(c1)sc(/C=C/C=C/C=C1\N(CCCS(=O)(=O)O)c3ccc(S(=O)(=O)[O-])cc3C1(C)CCCCCC(=O)ON1C(=O)CCC1=O)[n+]2CCCS(=O)(=O)O. The summed E-state index contributed by atoms with van der Waals surface area (Å²) in [6.07, 6.45) is 10.8. The summed E-state index contributed by atoms with van der Waals surface area (Å²) in [4.78, 5) is 42.4. The molecule has 2 amide bonds. The van der Waals surface area contributed by atoms with Crippen LogP contribution < -0.4 is 9.47 Å². The Kier molecular flexibility index (Phi) is 15.6. The molecule has 2 aliphatic rings. The summed E-state index contributed by atoms with van der Waals surface area (Å²) in [5, 5.41) is 1.32. The molecule has 3 heterocycles. The number of anilines is 1. The first-order chi connectivity index (χ1) is 27.2. The summed E-state index contributed by atoms with van der Waals surface area (Å²) < 4.78 is 104. The first-order valence-electron chi connectivity index (χ1n) is 18.5. The van der Waals surface area contributed by atoms with Crippen LogP contribution in [0.3, 0.4) is 0 Å². The number of hydroxylamine groups is 2. The number of amides is 2. The van der Waals surface area contributed by atoms with Crippen LogP contribution in [0, 0.1) is 6.92 Å². The van der Waals surface area contributed by atoms with Gasteiger partial charge in [-0.1, -0.05) is 55.9 Å². The van der Waals surface area contributed by atoms with Gasteiger partial charge in [-0.25, -0.2) is 13.2 Å². The summed E-state index contributed by atoms with van der Waals surface area (Å²) in [6, 6.07) is 9.95. The second kappa shape index (κ2) is 19.4.